The molecule has 0 aromatic heterocycles. The number of nitrogens with one attached hydrogen (secondary N) is 1. The first-order valence-corrected chi connectivity index (χ1v) is 14.6. The summed E-state index contributed by atoms with van der Waals surface area (Å²) in [4.78, 5) is 44.5. The van der Waals surface area contributed by atoms with Crippen molar-refractivity contribution >= 4 is 17.7 Å². The molecule has 4 unspecified atom stereocenters. The number of methoxy groups -OCH3 is 2. The highest BCUT2D eigenvalue weighted by Crippen LogP contribution is 2.29. The van der Waals surface area contributed by atoms with Gasteiger partial charge >= 0.3 is 0 Å². The molecule has 2 aromatic rings. The normalized spacial score (nSPS) is 22.3. The van der Waals surface area contributed by atoms with E-state index in [4.69, 9.17) is 15.2 Å². The highest BCUT2D eigenvalue weighted by atomic mass is 16.5. The van der Waals surface area contributed by atoms with E-state index in [0.29, 0.717) is 61.4 Å². The molecule has 4 atom stereocenters. The molecule has 2 aromatic carbocycles. The smallest absolute Gasteiger partial charge is 0.254 e. The molecule has 0 spiro atoms. The second-order valence-corrected chi connectivity index (χ2v) is 11.3. The van der Waals surface area contributed by atoms with E-state index < -0.39 is 6.04 Å². The Hall–Kier alpha value is -3.43. The van der Waals surface area contributed by atoms with Crippen LogP contribution in [0.25, 0.3) is 0 Å². The third-order valence-corrected chi connectivity index (χ3v) is 8.51. The summed E-state index contributed by atoms with van der Waals surface area (Å²) in [5.41, 5.74) is 8.00. The minimum absolute atomic E-state index is 0.173. The van der Waals surface area contributed by atoms with Crippen molar-refractivity contribution in [2.75, 3.05) is 47.0 Å². The van der Waals surface area contributed by atoms with Gasteiger partial charge in [-0.3, -0.25) is 14.4 Å². The van der Waals surface area contributed by atoms with Gasteiger partial charge in [-0.25, -0.2) is 0 Å². The van der Waals surface area contributed by atoms with Gasteiger partial charge in [-0.2, -0.15) is 0 Å². The van der Waals surface area contributed by atoms with E-state index >= 15 is 0 Å². The summed E-state index contributed by atoms with van der Waals surface area (Å²) in [6, 6.07) is 13.3. The third kappa shape index (κ3) is 7.65. The van der Waals surface area contributed by atoms with E-state index in [1.54, 1.807) is 60.4 Å². The van der Waals surface area contributed by atoms with Crippen molar-refractivity contribution in [3.63, 3.8) is 0 Å². The zero-order valence-electron chi connectivity index (χ0n) is 24.5. The lowest BCUT2D eigenvalue weighted by atomic mass is 9.81. The van der Waals surface area contributed by atoms with Crippen LogP contribution in [-0.2, 0) is 9.53 Å². The van der Waals surface area contributed by atoms with Gasteiger partial charge in [0.1, 0.15) is 11.8 Å². The van der Waals surface area contributed by atoms with Crippen LogP contribution in [0, 0.1) is 18.8 Å². The van der Waals surface area contributed by atoms with Crippen LogP contribution in [0.1, 0.15) is 58.4 Å². The predicted octanol–water partition coefficient (Wildman–Crippen LogP) is 3.26. The number of benzene rings is 2. The molecule has 1 aliphatic carbocycles. The molecule has 41 heavy (non-hydrogen) atoms. The number of carbonyl (C=O) groups excluding carboxylic acids is 3. The SMILES string of the molecule is COCCN(C(=O)c1ccc(OC)cc1)C1CC(C(=O)NCC2CCCC(CN)C2)N(C(=O)c2ccc(C)cc2)C1. The molecule has 2 fully saturated rings. The molecule has 2 aliphatic rings. The predicted molar refractivity (Wildman–Crippen MR) is 158 cm³/mol. The lowest BCUT2D eigenvalue weighted by molar-refractivity contribution is -0.125. The number of aryl methyl sites for hydroxylation is 1. The Morgan fingerprint density at radius 2 is 1.66 bits per heavy atom. The molecule has 1 saturated carbocycles. The fraction of sp³-hybridized carbons (Fsp3) is 0.531. The summed E-state index contributed by atoms with van der Waals surface area (Å²) in [6.07, 6.45) is 4.69. The van der Waals surface area contributed by atoms with E-state index in [1.807, 2.05) is 19.1 Å². The molecule has 0 radical (unpaired) electrons. The number of hydrogen-bond acceptors (Lipinski definition) is 6. The van der Waals surface area contributed by atoms with Crippen molar-refractivity contribution in [3.05, 3.63) is 65.2 Å². The first kappa shape index (κ1) is 30.5. The number of nitrogens with two attached hydrogens (primary N) is 1. The number of hydrogen-bond donors (Lipinski definition) is 2. The van der Waals surface area contributed by atoms with Crippen molar-refractivity contribution in [3.8, 4) is 5.75 Å². The summed E-state index contributed by atoms with van der Waals surface area (Å²) in [5.74, 6) is 0.985. The molecule has 9 nitrogen and oxygen atoms in total. The van der Waals surface area contributed by atoms with Crippen LogP contribution in [0.3, 0.4) is 0 Å². The molecule has 1 saturated heterocycles. The minimum Gasteiger partial charge on any atom is -0.497 e. The molecular formula is C32H44N4O5. The number of likely N-dealkylation sites (tertiary alicyclic amines) is 1. The average Bonchev–Trinajstić information content (AvgIpc) is 3.45. The van der Waals surface area contributed by atoms with Gasteiger partial charge in [0.2, 0.25) is 5.91 Å². The molecule has 1 aliphatic heterocycles. The summed E-state index contributed by atoms with van der Waals surface area (Å²) >= 11 is 0. The molecule has 1 heterocycles. The third-order valence-electron chi connectivity index (χ3n) is 8.51. The summed E-state index contributed by atoms with van der Waals surface area (Å²) < 4.78 is 10.6. The average molecular weight is 565 g/mol. The van der Waals surface area contributed by atoms with Crippen LogP contribution >= 0.6 is 0 Å². The lowest BCUT2D eigenvalue weighted by Crippen LogP contribution is -2.47. The van der Waals surface area contributed by atoms with Crippen molar-refractivity contribution in [1.82, 2.24) is 15.1 Å². The number of rotatable bonds is 11. The topological polar surface area (TPSA) is 114 Å². The number of amides is 3. The van der Waals surface area contributed by atoms with E-state index in [2.05, 4.69) is 5.32 Å². The van der Waals surface area contributed by atoms with E-state index in [-0.39, 0.29) is 30.3 Å². The van der Waals surface area contributed by atoms with Gasteiger partial charge in [0.25, 0.3) is 11.8 Å². The van der Waals surface area contributed by atoms with E-state index in [1.165, 1.54) is 0 Å². The second kappa shape index (κ2) is 14.5. The molecule has 9 heteroatoms. The summed E-state index contributed by atoms with van der Waals surface area (Å²) in [7, 11) is 3.17. The Bertz CT molecular complexity index is 1170. The highest BCUT2D eigenvalue weighted by Gasteiger charge is 2.43. The molecular weight excluding hydrogens is 520 g/mol. The van der Waals surface area contributed by atoms with Gasteiger partial charge in [-0.1, -0.05) is 24.1 Å². The molecule has 0 bridgehead atoms. The lowest BCUT2D eigenvalue weighted by Gasteiger charge is -2.29. The van der Waals surface area contributed by atoms with Gasteiger partial charge in [0, 0.05) is 37.9 Å². The van der Waals surface area contributed by atoms with Crippen LogP contribution in [0.4, 0.5) is 0 Å². The van der Waals surface area contributed by atoms with Crippen LogP contribution in [-0.4, -0.2) is 86.6 Å². The first-order valence-electron chi connectivity index (χ1n) is 14.6. The van der Waals surface area contributed by atoms with Gasteiger partial charge in [-0.15, -0.1) is 0 Å². The van der Waals surface area contributed by atoms with Crippen LogP contribution < -0.4 is 15.8 Å². The zero-order chi connectivity index (χ0) is 29.4. The zero-order valence-corrected chi connectivity index (χ0v) is 24.5. The van der Waals surface area contributed by atoms with Crippen LogP contribution in [0.5, 0.6) is 5.75 Å². The van der Waals surface area contributed by atoms with Crippen LogP contribution in [0.2, 0.25) is 0 Å². The first-order chi connectivity index (χ1) is 19.8. The molecule has 3 N–H and O–H groups in total. The Morgan fingerprint density at radius 1 is 0.976 bits per heavy atom. The van der Waals surface area contributed by atoms with Gasteiger partial charge < -0.3 is 30.3 Å². The van der Waals surface area contributed by atoms with Gasteiger partial charge in [0.15, 0.2) is 0 Å². The van der Waals surface area contributed by atoms with Gasteiger partial charge in [-0.05, 0) is 87.4 Å². The number of carbonyl (C=O) groups is 3. The fourth-order valence-corrected chi connectivity index (χ4v) is 6.08. The maximum atomic E-state index is 13.7. The maximum absolute atomic E-state index is 13.7. The maximum Gasteiger partial charge on any atom is 0.254 e. The van der Waals surface area contributed by atoms with Crippen LogP contribution in [0.15, 0.2) is 48.5 Å². The van der Waals surface area contributed by atoms with Crippen molar-refractivity contribution in [2.24, 2.45) is 17.6 Å². The quantitative estimate of drug-likeness (QED) is 0.433. The van der Waals surface area contributed by atoms with Crippen molar-refractivity contribution < 1.29 is 23.9 Å². The van der Waals surface area contributed by atoms with Crippen molar-refractivity contribution in [1.29, 1.82) is 0 Å². The Kier molecular flexibility index (Phi) is 10.8. The molecule has 222 valence electrons. The highest BCUT2D eigenvalue weighted by molar-refractivity contribution is 5.99. The summed E-state index contributed by atoms with van der Waals surface area (Å²) in [5, 5.41) is 3.14. The monoisotopic (exact) mass is 564 g/mol. The van der Waals surface area contributed by atoms with Crippen molar-refractivity contribution in [2.45, 2.75) is 51.1 Å². The van der Waals surface area contributed by atoms with E-state index in [0.717, 1.165) is 31.2 Å². The standard InChI is InChI=1S/C32H44N4O5/c1-22-7-9-25(10-8-22)32(39)36-21-27(18-29(36)30(37)34-20-24-6-4-5-23(17-24)19-33)35(15-16-40-2)31(38)26-11-13-28(41-3)14-12-26/h7-14,23-24,27,29H,4-6,15-21,33H2,1-3H3,(H,34,37). The minimum atomic E-state index is -0.684. The molecule has 4 rings (SSSR count). The second-order valence-electron chi connectivity index (χ2n) is 11.3. The number of ether oxygens (including phenoxy) is 2. The molecule has 3 amide bonds. The largest absolute Gasteiger partial charge is 0.497 e. The Balaban J connectivity index is 1.55. The van der Waals surface area contributed by atoms with Gasteiger partial charge in [0.05, 0.1) is 19.8 Å². The Morgan fingerprint density at radius 3 is 2.32 bits per heavy atom. The number of nitrogens with zero attached hydrogens (tertiary/aromatic N) is 2. The fourth-order valence-electron chi connectivity index (χ4n) is 6.08. The Labute approximate surface area is 243 Å². The van der Waals surface area contributed by atoms with E-state index in [9.17, 15) is 14.4 Å². The summed E-state index contributed by atoms with van der Waals surface area (Å²) in [6.45, 7) is 4.15.